The van der Waals surface area contributed by atoms with Gasteiger partial charge in [0.15, 0.2) is 0 Å². The number of hydrogen-bond acceptors (Lipinski definition) is 5. The maximum absolute atomic E-state index is 14.4. The second-order valence-electron chi connectivity index (χ2n) is 7.98. The molecular formula is C21H21F2N5O3S. The van der Waals surface area contributed by atoms with E-state index in [0.717, 1.165) is 25.0 Å². The van der Waals surface area contributed by atoms with Gasteiger partial charge in [-0.1, -0.05) is 0 Å². The summed E-state index contributed by atoms with van der Waals surface area (Å²) in [6.07, 6.45) is 5.19. The molecule has 3 aromatic rings. The summed E-state index contributed by atoms with van der Waals surface area (Å²) in [5, 5.41) is 4.14. The minimum absolute atomic E-state index is 0.114. The van der Waals surface area contributed by atoms with Crippen LogP contribution >= 0.6 is 0 Å². The number of nitrogens with zero attached hydrogens (tertiary/aromatic N) is 4. The molecule has 4 heterocycles. The molecule has 1 atom stereocenters. The predicted octanol–water partition coefficient (Wildman–Crippen LogP) is 2.63. The first-order chi connectivity index (χ1) is 15.3. The molecule has 0 radical (unpaired) electrons. The molecule has 2 aliphatic rings. The Kier molecular flexibility index (Phi) is 5.09. The molecule has 2 aromatic heterocycles. The smallest absolute Gasteiger partial charge is 0.304 e. The number of aromatic nitrogens is 2. The monoisotopic (exact) mass is 461 g/mol. The number of pyridine rings is 1. The third-order valence-electron chi connectivity index (χ3n) is 6.03. The normalized spacial score (nSPS) is 19.3. The van der Waals surface area contributed by atoms with Gasteiger partial charge in [0.25, 0.3) is 5.91 Å². The van der Waals surface area contributed by atoms with Crippen LogP contribution in [0.2, 0.25) is 0 Å². The molecule has 5 rings (SSSR count). The van der Waals surface area contributed by atoms with Crippen molar-refractivity contribution >= 4 is 27.3 Å². The summed E-state index contributed by atoms with van der Waals surface area (Å²) in [6, 6.07) is 6.59. The minimum atomic E-state index is -3.89. The highest BCUT2D eigenvalue weighted by atomic mass is 32.2. The van der Waals surface area contributed by atoms with E-state index in [2.05, 4.69) is 9.82 Å². The lowest BCUT2D eigenvalue weighted by Crippen LogP contribution is -2.49. The average Bonchev–Trinajstić information content (AvgIpc) is 3.34. The van der Waals surface area contributed by atoms with E-state index in [4.69, 9.17) is 0 Å². The van der Waals surface area contributed by atoms with Crippen LogP contribution in [0.25, 0.3) is 5.52 Å². The number of carbonyl (C=O) groups excluding carboxylic acids is 1. The van der Waals surface area contributed by atoms with Crippen LogP contribution in [0.1, 0.15) is 41.2 Å². The molecule has 1 unspecified atom stereocenters. The largest absolute Gasteiger partial charge is 0.364 e. The molecule has 32 heavy (non-hydrogen) atoms. The molecule has 0 aliphatic carbocycles. The van der Waals surface area contributed by atoms with Gasteiger partial charge in [-0.15, -0.1) is 0 Å². The SMILES string of the molecule is O=C(NS(=O)(=O)N1CCC1)c1cnn2ccc(N3CCCC3c3cc(F)ccc3F)cc12. The Morgan fingerprint density at radius 3 is 2.66 bits per heavy atom. The zero-order chi connectivity index (χ0) is 22.5. The fourth-order valence-electron chi connectivity index (χ4n) is 4.26. The Labute approximate surface area is 183 Å². The molecule has 168 valence electrons. The zero-order valence-electron chi connectivity index (χ0n) is 17.0. The lowest BCUT2D eigenvalue weighted by atomic mass is 10.0. The Morgan fingerprint density at radius 1 is 1.09 bits per heavy atom. The average molecular weight is 461 g/mol. The predicted molar refractivity (Wildman–Crippen MR) is 113 cm³/mol. The highest BCUT2D eigenvalue weighted by Crippen LogP contribution is 2.38. The first-order valence-corrected chi connectivity index (χ1v) is 11.8. The quantitative estimate of drug-likeness (QED) is 0.631. The number of halogens is 2. The van der Waals surface area contributed by atoms with Gasteiger partial charge >= 0.3 is 10.2 Å². The lowest BCUT2D eigenvalue weighted by molar-refractivity contribution is 0.0979. The minimum Gasteiger partial charge on any atom is -0.364 e. The van der Waals surface area contributed by atoms with Crippen LogP contribution in [0.4, 0.5) is 14.5 Å². The van der Waals surface area contributed by atoms with Crippen molar-refractivity contribution in [3.05, 3.63) is 65.5 Å². The molecule has 1 amide bonds. The third-order valence-corrected chi connectivity index (χ3v) is 7.52. The van der Waals surface area contributed by atoms with Crippen LogP contribution in [0.3, 0.4) is 0 Å². The van der Waals surface area contributed by atoms with Gasteiger partial charge in [0.05, 0.1) is 23.3 Å². The molecule has 0 saturated carbocycles. The second kappa shape index (κ2) is 7.82. The highest BCUT2D eigenvalue weighted by molar-refractivity contribution is 7.87. The topological polar surface area (TPSA) is 87.0 Å². The number of hydrogen-bond donors (Lipinski definition) is 1. The van der Waals surface area contributed by atoms with Crippen molar-refractivity contribution in [2.45, 2.75) is 25.3 Å². The van der Waals surface area contributed by atoms with E-state index in [9.17, 15) is 22.0 Å². The second-order valence-corrected chi connectivity index (χ2v) is 9.65. The van der Waals surface area contributed by atoms with Crippen LogP contribution in [0.5, 0.6) is 0 Å². The summed E-state index contributed by atoms with van der Waals surface area (Å²) >= 11 is 0. The fraction of sp³-hybridized carbons (Fsp3) is 0.333. The van der Waals surface area contributed by atoms with Crippen LogP contribution < -0.4 is 9.62 Å². The van der Waals surface area contributed by atoms with Crippen molar-refractivity contribution in [3.8, 4) is 0 Å². The molecule has 0 spiro atoms. The lowest BCUT2D eigenvalue weighted by Gasteiger charge is -2.29. The van der Waals surface area contributed by atoms with E-state index in [1.807, 2.05) is 4.90 Å². The third kappa shape index (κ3) is 3.61. The number of anilines is 1. The molecule has 1 N–H and O–H groups in total. The summed E-state index contributed by atoms with van der Waals surface area (Å²) < 4.78 is 57.5. The van der Waals surface area contributed by atoms with E-state index < -0.39 is 27.8 Å². The summed E-state index contributed by atoms with van der Waals surface area (Å²) in [5.74, 6) is -1.73. The van der Waals surface area contributed by atoms with Gasteiger partial charge in [0.2, 0.25) is 0 Å². The van der Waals surface area contributed by atoms with E-state index >= 15 is 0 Å². The first kappa shape index (κ1) is 20.8. The molecule has 1 aromatic carbocycles. The van der Waals surface area contributed by atoms with Gasteiger partial charge in [-0.05, 0) is 49.6 Å². The molecule has 0 bridgehead atoms. The standard InChI is InChI=1S/C21H21F2N5O3S/c22-14-4-5-18(23)16(11-14)19-3-1-9-27(19)15-6-10-28-20(12-15)17(13-24-28)21(29)25-32(30,31)26-7-2-8-26/h4-6,10-13,19H,1-3,7-9H2,(H,25,29). The number of fused-ring (bicyclic) bond motifs is 1. The van der Waals surface area contributed by atoms with Gasteiger partial charge in [0.1, 0.15) is 11.6 Å². The van der Waals surface area contributed by atoms with E-state index in [1.165, 1.54) is 21.1 Å². The molecule has 2 aliphatic heterocycles. The van der Waals surface area contributed by atoms with Crippen LogP contribution in [0.15, 0.2) is 42.7 Å². The molecule has 2 saturated heterocycles. The number of carbonyl (C=O) groups is 1. The van der Waals surface area contributed by atoms with Crippen LogP contribution in [-0.2, 0) is 10.2 Å². The summed E-state index contributed by atoms with van der Waals surface area (Å²) in [6.45, 7) is 1.40. The van der Waals surface area contributed by atoms with Crippen molar-refractivity contribution in [2.75, 3.05) is 24.5 Å². The molecular weight excluding hydrogens is 440 g/mol. The Morgan fingerprint density at radius 2 is 1.91 bits per heavy atom. The summed E-state index contributed by atoms with van der Waals surface area (Å²) in [4.78, 5) is 14.7. The van der Waals surface area contributed by atoms with Crippen molar-refractivity contribution in [1.29, 1.82) is 0 Å². The number of nitrogens with one attached hydrogen (secondary N) is 1. The van der Waals surface area contributed by atoms with E-state index in [0.29, 0.717) is 37.3 Å². The molecule has 8 nitrogen and oxygen atoms in total. The number of benzene rings is 1. The summed E-state index contributed by atoms with van der Waals surface area (Å²) in [7, 11) is -3.89. The van der Waals surface area contributed by atoms with Crippen LogP contribution in [0, 0.1) is 11.6 Å². The number of rotatable bonds is 5. The van der Waals surface area contributed by atoms with Gasteiger partial charge in [-0.3, -0.25) is 4.79 Å². The Bertz CT molecular complexity index is 1310. The van der Waals surface area contributed by atoms with Crippen molar-refractivity contribution < 1.29 is 22.0 Å². The highest BCUT2D eigenvalue weighted by Gasteiger charge is 2.31. The Balaban J connectivity index is 1.47. The molecule has 11 heteroatoms. The zero-order valence-corrected chi connectivity index (χ0v) is 17.9. The van der Waals surface area contributed by atoms with Gasteiger partial charge in [0, 0.05) is 37.1 Å². The van der Waals surface area contributed by atoms with Crippen molar-refractivity contribution in [3.63, 3.8) is 0 Å². The maximum Gasteiger partial charge on any atom is 0.304 e. The molecule has 2 fully saturated rings. The van der Waals surface area contributed by atoms with Crippen molar-refractivity contribution in [1.82, 2.24) is 18.6 Å². The van der Waals surface area contributed by atoms with Gasteiger partial charge in [-0.2, -0.15) is 17.8 Å². The van der Waals surface area contributed by atoms with E-state index in [1.54, 1.807) is 18.3 Å². The van der Waals surface area contributed by atoms with Gasteiger partial charge in [-0.25, -0.2) is 18.0 Å². The van der Waals surface area contributed by atoms with Gasteiger partial charge < -0.3 is 4.90 Å². The number of amides is 1. The van der Waals surface area contributed by atoms with Crippen LogP contribution in [-0.4, -0.2) is 47.9 Å². The fourth-order valence-corrected chi connectivity index (χ4v) is 5.47. The summed E-state index contributed by atoms with van der Waals surface area (Å²) in [5.41, 5.74) is 1.53. The maximum atomic E-state index is 14.4. The first-order valence-electron chi connectivity index (χ1n) is 10.3. The Hall–Kier alpha value is -3.05. The van der Waals surface area contributed by atoms with E-state index in [-0.39, 0.29) is 17.2 Å². The van der Waals surface area contributed by atoms with Crippen molar-refractivity contribution in [2.24, 2.45) is 0 Å².